The van der Waals surface area contributed by atoms with Crippen LogP contribution in [0, 0.1) is 12.8 Å². The van der Waals surface area contributed by atoms with Crippen molar-refractivity contribution in [3.63, 3.8) is 0 Å². The standard InChI is InChI=1S/C19H22N2O/c1-14(2)12-21-18-7-5-4-6-17(18)20-19(21)13-22-16-10-8-15(3)9-11-16/h4-11,14H,12-13H2,1-3H3/p+1. The largest absolute Gasteiger partial charge is 0.481 e. The Balaban J connectivity index is 1.87. The lowest BCUT2D eigenvalue weighted by Crippen LogP contribution is -2.40. The predicted molar refractivity (Wildman–Crippen MR) is 88.8 cm³/mol. The van der Waals surface area contributed by atoms with Gasteiger partial charge in [-0.15, -0.1) is 0 Å². The fourth-order valence-electron chi connectivity index (χ4n) is 2.66. The van der Waals surface area contributed by atoms with Crippen molar-refractivity contribution in [3.05, 3.63) is 59.9 Å². The molecular formula is C19H23N2O+. The van der Waals surface area contributed by atoms with Crippen molar-refractivity contribution in [1.82, 2.24) is 4.98 Å². The molecule has 3 aromatic rings. The third-order valence-corrected chi connectivity index (χ3v) is 3.74. The summed E-state index contributed by atoms with van der Waals surface area (Å²) in [6, 6.07) is 16.6. The van der Waals surface area contributed by atoms with Crippen molar-refractivity contribution >= 4 is 11.0 Å². The minimum Gasteiger partial charge on any atom is -0.481 e. The number of aromatic nitrogens is 2. The van der Waals surface area contributed by atoms with Gasteiger partial charge in [0.25, 0.3) is 5.82 Å². The van der Waals surface area contributed by atoms with Gasteiger partial charge in [-0.3, -0.25) is 0 Å². The van der Waals surface area contributed by atoms with E-state index in [1.807, 2.05) is 12.1 Å². The van der Waals surface area contributed by atoms with Gasteiger partial charge in [0.1, 0.15) is 5.75 Å². The summed E-state index contributed by atoms with van der Waals surface area (Å²) in [6.45, 7) is 8.08. The highest BCUT2D eigenvalue weighted by Gasteiger charge is 2.19. The van der Waals surface area contributed by atoms with E-state index >= 15 is 0 Å². The Morgan fingerprint density at radius 3 is 2.50 bits per heavy atom. The van der Waals surface area contributed by atoms with Gasteiger partial charge in [-0.25, -0.2) is 9.55 Å². The molecule has 0 aliphatic heterocycles. The fraction of sp³-hybridized carbons (Fsp3) is 0.316. The molecule has 0 atom stereocenters. The molecule has 2 aromatic carbocycles. The lowest BCUT2D eigenvalue weighted by Gasteiger charge is -2.07. The maximum absolute atomic E-state index is 5.95. The summed E-state index contributed by atoms with van der Waals surface area (Å²) >= 11 is 0. The first-order valence-electron chi connectivity index (χ1n) is 7.82. The molecule has 3 rings (SSSR count). The van der Waals surface area contributed by atoms with Gasteiger partial charge in [0, 0.05) is 0 Å². The van der Waals surface area contributed by atoms with Crippen LogP contribution in [-0.2, 0) is 13.2 Å². The Labute approximate surface area is 131 Å². The van der Waals surface area contributed by atoms with E-state index in [1.54, 1.807) is 0 Å². The summed E-state index contributed by atoms with van der Waals surface area (Å²) < 4.78 is 8.27. The summed E-state index contributed by atoms with van der Waals surface area (Å²) in [5.41, 5.74) is 3.64. The Kier molecular flexibility index (Phi) is 4.14. The third-order valence-electron chi connectivity index (χ3n) is 3.74. The molecule has 0 radical (unpaired) electrons. The second-order valence-electron chi connectivity index (χ2n) is 6.20. The van der Waals surface area contributed by atoms with Crippen molar-refractivity contribution in [2.24, 2.45) is 5.92 Å². The zero-order valence-corrected chi connectivity index (χ0v) is 13.5. The molecule has 114 valence electrons. The second-order valence-corrected chi connectivity index (χ2v) is 6.20. The first-order chi connectivity index (χ1) is 10.6. The van der Waals surface area contributed by atoms with Crippen LogP contribution < -0.4 is 9.30 Å². The molecule has 1 aromatic heterocycles. The Morgan fingerprint density at radius 2 is 1.77 bits per heavy atom. The Bertz CT molecular complexity index is 757. The molecule has 22 heavy (non-hydrogen) atoms. The van der Waals surface area contributed by atoms with Gasteiger partial charge in [-0.1, -0.05) is 43.7 Å². The molecule has 0 unspecified atom stereocenters. The van der Waals surface area contributed by atoms with Gasteiger partial charge in [-0.05, 0) is 37.1 Å². The average molecular weight is 295 g/mol. The maximum Gasteiger partial charge on any atom is 0.293 e. The van der Waals surface area contributed by atoms with Crippen LogP contribution in [0.4, 0.5) is 0 Å². The summed E-state index contributed by atoms with van der Waals surface area (Å²) in [5, 5.41) is 0. The number of H-pyrrole nitrogens is 1. The highest BCUT2D eigenvalue weighted by Crippen LogP contribution is 2.15. The van der Waals surface area contributed by atoms with E-state index < -0.39 is 0 Å². The highest BCUT2D eigenvalue weighted by atomic mass is 16.5. The molecule has 3 heteroatoms. The molecule has 1 heterocycles. The minimum absolute atomic E-state index is 0.546. The summed E-state index contributed by atoms with van der Waals surface area (Å²) in [5.74, 6) is 2.60. The van der Waals surface area contributed by atoms with Crippen LogP contribution in [0.15, 0.2) is 48.5 Å². The number of nitrogens with one attached hydrogen (secondary N) is 1. The number of benzene rings is 2. The Morgan fingerprint density at radius 1 is 1.05 bits per heavy atom. The van der Waals surface area contributed by atoms with Crippen LogP contribution >= 0.6 is 0 Å². The van der Waals surface area contributed by atoms with Gasteiger partial charge in [-0.2, -0.15) is 0 Å². The molecule has 0 fully saturated rings. The number of hydrogen-bond acceptors (Lipinski definition) is 1. The second kappa shape index (κ2) is 6.22. The van der Waals surface area contributed by atoms with Crippen LogP contribution in [0.5, 0.6) is 5.75 Å². The smallest absolute Gasteiger partial charge is 0.293 e. The number of para-hydroxylation sites is 2. The molecule has 0 bridgehead atoms. The van der Waals surface area contributed by atoms with Crippen molar-refractivity contribution < 1.29 is 9.30 Å². The van der Waals surface area contributed by atoms with Crippen molar-refractivity contribution in [2.75, 3.05) is 0 Å². The molecule has 0 saturated carbocycles. The van der Waals surface area contributed by atoms with Crippen molar-refractivity contribution in [1.29, 1.82) is 0 Å². The van der Waals surface area contributed by atoms with Crippen molar-refractivity contribution in [2.45, 2.75) is 33.9 Å². The van der Waals surface area contributed by atoms with E-state index in [-0.39, 0.29) is 0 Å². The fourth-order valence-corrected chi connectivity index (χ4v) is 2.66. The number of hydrogen-bond donors (Lipinski definition) is 1. The number of imidazole rings is 1. The number of aryl methyl sites for hydroxylation is 1. The molecule has 0 amide bonds. The van der Waals surface area contributed by atoms with E-state index in [9.17, 15) is 0 Å². The van der Waals surface area contributed by atoms with Crippen LogP contribution in [0.1, 0.15) is 25.2 Å². The lowest BCUT2D eigenvalue weighted by atomic mass is 10.2. The van der Waals surface area contributed by atoms with Gasteiger partial charge in [0.15, 0.2) is 17.6 Å². The van der Waals surface area contributed by atoms with E-state index in [4.69, 9.17) is 4.74 Å². The third kappa shape index (κ3) is 3.14. The summed E-state index contributed by atoms with van der Waals surface area (Å²) in [7, 11) is 0. The molecule has 0 aliphatic carbocycles. The van der Waals surface area contributed by atoms with Crippen molar-refractivity contribution in [3.8, 4) is 5.75 Å². The van der Waals surface area contributed by atoms with Gasteiger partial charge in [0.05, 0.1) is 6.54 Å². The Hall–Kier alpha value is -2.29. The lowest BCUT2D eigenvalue weighted by molar-refractivity contribution is -0.685. The van der Waals surface area contributed by atoms with Crippen LogP contribution in [0.3, 0.4) is 0 Å². The van der Waals surface area contributed by atoms with E-state index in [0.717, 1.165) is 23.6 Å². The summed E-state index contributed by atoms with van der Waals surface area (Å²) in [4.78, 5) is 3.49. The van der Waals surface area contributed by atoms with E-state index in [2.05, 4.69) is 66.7 Å². The first-order valence-corrected chi connectivity index (χ1v) is 7.82. The predicted octanol–water partition coefficient (Wildman–Crippen LogP) is 4.00. The minimum atomic E-state index is 0.546. The summed E-state index contributed by atoms with van der Waals surface area (Å²) in [6.07, 6.45) is 0. The monoisotopic (exact) mass is 295 g/mol. The average Bonchev–Trinajstić information content (AvgIpc) is 2.84. The number of nitrogens with zero attached hydrogens (tertiary/aromatic N) is 1. The molecule has 0 spiro atoms. The van der Waals surface area contributed by atoms with Crippen LogP contribution in [0.2, 0.25) is 0 Å². The quantitative estimate of drug-likeness (QED) is 0.708. The van der Waals surface area contributed by atoms with Gasteiger partial charge >= 0.3 is 0 Å². The maximum atomic E-state index is 5.95. The highest BCUT2D eigenvalue weighted by molar-refractivity contribution is 5.70. The SMILES string of the molecule is Cc1ccc(OCc2[nH]c3ccccc3[n+]2CC(C)C)cc1. The zero-order valence-electron chi connectivity index (χ0n) is 13.5. The number of fused-ring (bicyclic) bond motifs is 1. The number of rotatable bonds is 5. The normalized spacial score (nSPS) is 11.3. The first kappa shape index (κ1) is 14.6. The van der Waals surface area contributed by atoms with Gasteiger partial charge < -0.3 is 4.74 Å². The number of ether oxygens (including phenoxy) is 1. The van der Waals surface area contributed by atoms with Gasteiger partial charge in [0.2, 0.25) is 0 Å². The molecular weight excluding hydrogens is 272 g/mol. The number of aromatic amines is 1. The zero-order chi connectivity index (χ0) is 15.5. The van der Waals surface area contributed by atoms with E-state index in [0.29, 0.717) is 12.5 Å². The molecule has 0 aliphatic rings. The molecule has 0 saturated heterocycles. The van der Waals surface area contributed by atoms with Crippen LogP contribution in [-0.4, -0.2) is 4.98 Å². The molecule has 1 N–H and O–H groups in total. The topological polar surface area (TPSA) is 28.9 Å². The molecule has 3 nitrogen and oxygen atoms in total. The van der Waals surface area contributed by atoms with Crippen LogP contribution in [0.25, 0.3) is 11.0 Å². The van der Waals surface area contributed by atoms with E-state index in [1.165, 1.54) is 11.1 Å².